The van der Waals surface area contributed by atoms with E-state index < -0.39 is 17.8 Å². The van der Waals surface area contributed by atoms with Gasteiger partial charge in [0.25, 0.3) is 11.8 Å². The number of nitrogens with zero attached hydrogens (tertiary/aromatic N) is 2. The number of aromatic nitrogens is 1. The maximum absolute atomic E-state index is 13.3. The minimum atomic E-state index is -0.812. The first-order chi connectivity index (χ1) is 15.0. The standard InChI is InChI=1S/C24H21N3O4/c1-3-13-26-15-16(17-9-5-6-10-19(17)26)14-18-22(28)25-24(30)27(23(18)29)20-11-7-8-12-21(20)31-4-2/h3,5-12,14-15H,1,4,13H2,2H3,(H,25,28,30)/b18-14+. The van der Waals surface area contributed by atoms with E-state index in [9.17, 15) is 14.4 Å². The van der Waals surface area contributed by atoms with Crippen molar-refractivity contribution >= 4 is 40.5 Å². The Balaban J connectivity index is 1.81. The predicted octanol–water partition coefficient (Wildman–Crippen LogP) is 3.89. The van der Waals surface area contributed by atoms with E-state index in [4.69, 9.17) is 4.74 Å². The average molecular weight is 415 g/mol. The number of rotatable bonds is 6. The maximum atomic E-state index is 13.3. The lowest BCUT2D eigenvalue weighted by Crippen LogP contribution is -2.54. The van der Waals surface area contributed by atoms with Crippen molar-refractivity contribution in [3.05, 3.63) is 78.5 Å². The second-order valence-electron chi connectivity index (χ2n) is 6.90. The Bertz CT molecular complexity index is 1240. The molecule has 2 heterocycles. The Kier molecular flexibility index (Phi) is 5.41. The molecule has 2 aromatic carbocycles. The quantitative estimate of drug-likeness (QED) is 0.376. The number of amides is 4. The van der Waals surface area contributed by atoms with E-state index in [1.165, 1.54) is 6.08 Å². The number of hydrogen-bond acceptors (Lipinski definition) is 4. The molecule has 1 aromatic heterocycles. The monoisotopic (exact) mass is 415 g/mol. The summed E-state index contributed by atoms with van der Waals surface area (Å²) in [6.45, 7) is 6.53. The van der Waals surface area contributed by atoms with E-state index in [2.05, 4.69) is 11.9 Å². The van der Waals surface area contributed by atoms with Gasteiger partial charge in [0.1, 0.15) is 11.3 Å². The van der Waals surface area contributed by atoms with Crippen LogP contribution in [0.2, 0.25) is 0 Å². The van der Waals surface area contributed by atoms with Crippen LogP contribution in [-0.2, 0) is 16.1 Å². The van der Waals surface area contributed by atoms with Gasteiger partial charge in [0.15, 0.2) is 0 Å². The fraction of sp³-hybridized carbons (Fsp3) is 0.125. The summed E-state index contributed by atoms with van der Waals surface area (Å²) in [5.41, 5.74) is 1.79. The summed E-state index contributed by atoms with van der Waals surface area (Å²) in [4.78, 5) is 39.3. The minimum Gasteiger partial charge on any atom is -0.492 e. The second kappa shape index (κ2) is 8.31. The first-order valence-electron chi connectivity index (χ1n) is 9.87. The van der Waals surface area contributed by atoms with Crippen molar-refractivity contribution in [2.24, 2.45) is 0 Å². The highest BCUT2D eigenvalue weighted by Gasteiger charge is 2.38. The number of hydrogen-bond donors (Lipinski definition) is 1. The number of ether oxygens (including phenoxy) is 1. The van der Waals surface area contributed by atoms with Crippen molar-refractivity contribution in [2.75, 3.05) is 11.5 Å². The molecule has 7 nitrogen and oxygen atoms in total. The number of nitrogens with one attached hydrogen (secondary N) is 1. The zero-order valence-electron chi connectivity index (χ0n) is 17.0. The van der Waals surface area contributed by atoms with Crippen molar-refractivity contribution < 1.29 is 19.1 Å². The molecule has 4 rings (SSSR count). The van der Waals surface area contributed by atoms with Crippen LogP contribution in [-0.4, -0.2) is 29.0 Å². The first kappa shape index (κ1) is 20.2. The van der Waals surface area contributed by atoms with E-state index in [0.29, 0.717) is 24.5 Å². The van der Waals surface area contributed by atoms with Crippen LogP contribution in [0.15, 0.2) is 73.0 Å². The lowest BCUT2D eigenvalue weighted by atomic mass is 10.1. The largest absolute Gasteiger partial charge is 0.492 e. The molecule has 0 spiro atoms. The average Bonchev–Trinajstić information content (AvgIpc) is 3.10. The highest BCUT2D eigenvalue weighted by molar-refractivity contribution is 6.39. The zero-order valence-corrected chi connectivity index (χ0v) is 17.0. The highest BCUT2D eigenvalue weighted by Crippen LogP contribution is 2.32. The van der Waals surface area contributed by atoms with Gasteiger partial charge >= 0.3 is 6.03 Å². The van der Waals surface area contributed by atoms with Crippen molar-refractivity contribution in [2.45, 2.75) is 13.5 Å². The maximum Gasteiger partial charge on any atom is 0.336 e. The lowest BCUT2D eigenvalue weighted by molar-refractivity contribution is -0.122. The Morgan fingerprint density at radius 3 is 2.58 bits per heavy atom. The number of barbiturate groups is 1. The molecule has 1 aliphatic heterocycles. The predicted molar refractivity (Wildman–Crippen MR) is 119 cm³/mol. The number of imide groups is 2. The molecule has 1 aliphatic rings. The summed E-state index contributed by atoms with van der Waals surface area (Å²) in [6, 6.07) is 13.6. The molecule has 7 heteroatoms. The summed E-state index contributed by atoms with van der Waals surface area (Å²) < 4.78 is 7.54. The number of fused-ring (bicyclic) bond motifs is 1. The number of allylic oxidation sites excluding steroid dienone is 1. The molecule has 1 saturated heterocycles. The van der Waals surface area contributed by atoms with E-state index in [-0.39, 0.29) is 11.3 Å². The number of benzene rings is 2. The molecule has 0 aliphatic carbocycles. The molecule has 3 aromatic rings. The minimum absolute atomic E-state index is 0.132. The summed E-state index contributed by atoms with van der Waals surface area (Å²) in [6.07, 6.45) is 5.14. The van der Waals surface area contributed by atoms with Gasteiger partial charge in [0, 0.05) is 29.2 Å². The first-order valence-corrected chi connectivity index (χ1v) is 9.87. The van der Waals surface area contributed by atoms with E-state index in [0.717, 1.165) is 15.8 Å². The Morgan fingerprint density at radius 2 is 1.81 bits per heavy atom. The van der Waals surface area contributed by atoms with E-state index >= 15 is 0 Å². The van der Waals surface area contributed by atoms with Gasteiger partial charge in [-0.1, -0.05) is 36.4 Å². The number of anilines is 1. The van der Waals surface area contributed by atoms with Crippen LogP contribution in [0.5, 0.6) is 5.75 Å². The molecule has 31 heavy (non-hydrogen) atoms. The summed E-state index contributed by atoms with van der Waals surface area (Å²) in [7, 11) is 0. The fourth-order valence-corrected chi connectivity index (χ4v) is 3.63. The van der Waals surface area contributed by atoms with Gasteiger partial charge in [0.2, 0.25) is 0 Å². The molecule has 0 bridgehead atoms. The van der Waals surface area contributed by atoms with Crippen molar-refractivity contribution in [1.82, 2.24) is 9.88 Å². The molecule has 0 unspecified atom stereocenters. The summed E-state index contributed by atoms with van der Waals surface area (Å²) >= 11 is 0. The van der Waals surface area contributed by atoms with Crippen LogP contribution >= 0.6 is 0 Å². The van der Waals surface area contributed by atoms with Crippen LogP contribution < -0.4 is 15.0 Å². The SMILES string of the molecule is C=CCn1cc(/C=C2\C(=O)NC(=O)N(c3ccccc3OCC)C2=O)c2ccccc21. The van der Waals surface area contributed by atoms with Gasteiger partial charge in [-0.2, -0.15) is 0 Å². The van der Waals surface area contributed by atoms with Gasteiger partial charge in [-0.15, -0.1) is 6.58 Å². The number of urea groups is 1. The van der Waals surface area contributed by atoms with Crippen LogP contribution in [0.1, 0.15) is 12.5 Å². The molecular formula is C24H21N3O4. The van der Waals surface area contributed by atoms with Crippen molar-refractivity contribution in [3.8, 4) is 5.75 Å². The number of carbonyl (C=O) groups is 3. The van der Waals surface area contributed by atoms with Crippen LogP contribution in [0.4, 0.5) is 10.5 Å². The van der Waals surface area contributed by atoms with Crippen LogP contribution in [0, 0.1) is 0 Å². The van der Waals surface area contributed by atoms with Crippen molar-refractivity contribution in [1.29, 1.82) is 0 Å². The summed E-state index contributed by atoms with van der Waals surface area (Å²) in [5, 5.41) is 3.14. The van der Waals surface area contributed by atoms with Crippen LogP contribution in [0.25, 0.3) is 17.0 Å². The number of para-hydroxylation sites is 3. The zero-order chi connectivity index (χ0) is 22.0. The third kappa shape index (κ3) is 3.61. The highest BCUT2D eigenvalue weighted by atomic mass is 16.5. The Labute approximate surface area is 179 Å². The molecule has 1 fully saturated rings. The van der Waals surface area contributed by atoms with Gasteiger partial charge in [-0.25, -0.2) is 9.69 Å². The molecule has 4 amide bonds. The number of carbonyl (C=O) groups excluding carboxylic acids is 3. The molecule has 0 atom stereocenters. The van der Waals surface area contributed by atoms with Gasteiger partial charge < -0.3 is 9.30 Å². The Morgan fingerprint density at radius 1 is 1.06 bits per heavy atom. The van der Waals surface area contributed by atoms with Crippen molar-refractivity contribution in [3.63, 3.8) is 0 Å². The van der Waals surface area contributed by atoms with E-state index in [1.807, 2.05) is 42.0 Å². The van der Waals surface area contributed by atoms with Gasteiger partial charge in [-0.3, -0.25) is 14.9 Å². The molecule has 156 valence electrons. The second-order valence-corrected chi connectivity index (χ2v) is 6.90. The van der Waals surface area contributed by atoms with Crippen LogP contribution in [0.3, 0.4) is 0 Å². The smallest absolute Gasteiger partial charge is 0.336 e. The van der Waals surface area contributed by atoms with Gasteiger partial charge in [0.05, 0.1) is 12.3 Å². The van der Waals surface area contributed by atoms with Gasteiger partial charge in [-0.05, 0) is 31.2 Å². The third-order valence-electron chi connectivity index (χ3n) is 4.95. The molecule has 1 N–H and O–H groups in total. The molecule has 0 radical (unpaired) electrons. The lowest BCUT2D eigenvalue weighted by Gasteiger charge is -2.27. The fourth-order valence-electron chi connectivity index (χ4n) is 3.63. The van der Waals surface area contributed by atoms with E-state index in [1.54, 1.807) is 30.3 Å². The molecular weight excluding hydrogens is 394 g/mol. The third-order valence-corrected chi connectivity index (χ3v) is 4.95. The molecule has 0 saturated carbocycles. The Hall–Kier alpha value is -4.13. The topological polar surface area (TPSA) is 80.6 Å². The normalized spacial score (nSPS) is 15.5. The summed E-state index contributed by atoms with van der Waals surface area (Å²) in [5.74, 6) is -1.06.